The Bertz CT molecular complexity index is 1690. The number of hydrogen-bond donors (Lipinski definition) is 0. The maximum atomic E-state index is 6.12. The van der Waals surface area contributed by atoms with Crippen molar-refractivity contribution in [1.29, 1.82) is 0 Å². The van der Waals surface area contributed by atoms with Crippen molar-refractivity contribution < 1.29 is 0 Å². The van der Waals surface area contributed by atoms with Crippen LogP contribution in [-0.2, 0) is 16.0 Å². The smallest absolute Gasteiger partial charge is 0.0965 e. The molecule has 236 valence electrons. The van der Waals surface area contributed by atoms with Gasteiger partial charge in [0.05, 0.1) is 28.9 Å². The van der Waals surface area contributed by atoms with E-state index in [1.165, 1.54) is 27.4 Å². The highest BCUT2D eigenvalue weighted by Gasteiger charge is 2.37. The third-order valence-electron chi connectivity index (χ3n) is 9.02. The molecular formula is C43H47BN2Si. The Labute approximate surface area is 286 Å². The second-order valence-corrected chi connectivity index (χ2v) is 16.6. The lowest BCUT2D eigenvalue weighted by Gasteiger charge is -2.37. The van der Waals surface area contributed by atoms with Gasteiger partial charge in [-0.15, -0.1) is 0 Å². The maximum Gasteiger partial charge on any atom is 0.0965 e. The Hall–Kier alpha value is -4.41. The molecule has 1 aromatic heterocycles. The molecule has 0 saturated carbocycles. The zero-order valence-corrected chi connectivity index (χ0v) is 30.2. The van der Waals surface area contributed by atoms with Gasteiger partial charge in [-0.05, 0) is 50.0 Å². The van der Waals surface area contributed by atoms with Crippen LogP contribution in [-0.4, -0.2) is 26.9 Å². The van der Waals surface area contributed by atoms with E-state index in [4.69, 9.17) is 7.85 Å². The van der Waals surface area contributed by atoms with E-state index in [1.807, 2.05) is 48.9 Å². The summed E-state index contributed by atoms with van der Waals surface area (Å²) in [5, 5.41) is 1.18. The third kappa shape index (κ3) is 8.12. The van der Waals surface area contributed by atoms with Crippen LogP contribution in [0.25, 0.3) is 0 Å². The van der Waals surface area contributed by atoms with E-state index in [0.29, 0.717) is 0 Å². The quantitative estimate of drug-likeness (QED) is 0.162. The minimum absolute atomic E-state index is 0.0163. The van der Waals surface area contributed by atoms with Crippen molar-refractivity contribution in [3.63, 3.8) is 0 Å². The van der Waals surface area contributed by atoms with Gasteiger partial charge in [0.15, 0.2) is 0 Å². The van der Waals surface area contributed by atoms with Gasteiger partial charge in [-0.1, -0.05) is 186 Å². The number of rotatable bonds is 7. The van der Waals surface area contributed by atoms with Crippen LogP contribution in [0.5, 0.6) is 0 Å². The van der Waals surface area contributed by atoms with Crippen molar-refractivity contribution in [2.24, 2.45) is 0 Å². The van der Waals surface area contributed by atoms with E-state index in [9.17, 15) is 0 Å². The summed E-state index contributed by atoms with van der Waals surface area (Å²) < 4.78 is 2.34. The highest BCUT2D eigenvalue weighted by Crippen LogP contribution is 2.36. The lowest BCUT2D eigenvalue weighted by atomic mass is 9.76. The minimum Gasteiger partial charge on any atom is -0.326 e. The van der Waals surface area contributed by atoms with Gasteiger partial charge in [0.2, 0.25) is 0 Å². The summed E-state index contributed by atoms with van der Waals surface area (Å²) in [5.74, 6) is -0.0163. The van der Waals surface area contributed by atoms with Crippen molar-refractivity contribution in [2.75, 3.05) is 0 Å². The van der Waals surface area contributed by atoms with E-state index in [0.717, 1.165) is 11.1 Å². The lowest BCUT2D eigenvalue weighted by molar-refractivity contribution is 0.576. The van der Waals surface area contributed by atoms with Gasteiger partial charge in [-0.2, -0.15) is 0 Å². The number of aromatic nitrogens is 2. The Kier molecular flexibility index (Phi) is 10.5. The van der Waals surface area contributed by atoms with Crippen LogP contribution in [0.2, 0.25) is 0 Å². The summed E-state index contributed by atoms with van der Waals surface area (Å²) >= 11 is 0. The fraction of sp³-hybridized carbons (Fsp3) is 0.233. The van der Waals surface area contributed by atoms with Crippen LogP contribution in [0.4, 0.5) is 0 Å². The first kappa shape index (κ1) is 33.9. The summed E-state index contributed by atoms with van der Waals surface area (Å²) in [6, 6.07) is 49.9. The van der Waals surface area contributed by atoms with Crippen LogP contribution in [0, 0.1) is 0 Å². The highest BCUT2D eigenvalue weighted by atomic mass is 28.2. The first-order valence-corrected chi connectivity index (χ1v) is 18.0. The van der Waals surface area contributed by atoms with E-state index in [-0.39, 0.29) is 21.8 Å². The molecule has 0 spiro atoms. The van der Waals surface area contributed by atoms with Crippen LogP contribution in [0.3, 0.4) is 0 Å². The second kappa shape index (κ2) is 14.6. The summed E-state index contributed by atoms with van der Waals surface area (Å²) in [6.45, 7) is 13.6. The Morgan fingerprint density at radius 1 is 0.532 bits per heavy atom. The average molecular weight is 631 g/mol. The molecular weight excluding hydrogens is 583 g/mol. The first-order chi connectivity index (χ1) is 22.5. The van der Waals surface area contributed by atoms with Gasteiger partial charge in [0.25, 0.3) is 0 Å². The van der Waals surface area contributed by atoms with Crippen LogP contribution in [0.1, 0.15) is 80.7 Å². The van der Waals surface area contributed by atoms with E-state index < -0.39 is 9.52 Å². The molecule has 47 heavy (non-hydrogen) atoms. The summed E-state index contributed by atoms with van der Waals surface area (Å²) in [4.78, 5) is 4.48. The predicted molar refractivity (Wildman–Crippen MR) is 204 cm³/mol. The molecule has 0 aliphatic rings. The van der Waals surface area contributed by atoms with Crippen LogP contribution >= 0.6 is 0 Å². The fourth-order valence-corrected chi connectivity index (χ4v) is 8.49. The Morgan fingerprint density at radius 3 is 1.28 bits per heavy atom. The van der Waals surface area contributed by atoms with Gasteiger partial charge in [-0.3, -0.25) is 0 Å². The minimum atomic E-state index is -0.840. The maximum absolute atomic E-state index is 6.12. The van der Waals surface area contributed by atoms with Crippen LogP contribution < -0.4 is 5.19 Å². The van der Waals surface area contributed by atoms with Crippen molar-refractivity contribution >= 4 is 22.6 Å². The fourth-order valence-electron chi connectivity index (χ4n) is 6.14. The third-order valence-corrected chi connectivity index (χ3v) is 11.6. The van der Waals surface area contributed by atoms with E-state index in [1.54, 1.807) is 0 Å². The average Bonchev–Trinajstić information content (AvgIpc) is 3.64. The van der Waals surface area contributed by atoms with Crippen molar-refractivity contribution in [2.45, 2.75) is 63.4 Å². The molecule has 0 aliphatic heterocycles. The molecule has 1 heterocycles. The zero-order valence-electron chi connectivity index (χ0n) is 28.8. The molecule has 6 aromatic rings. The molecule has 0 atom stereocenters. The predicted octanol–water partition coefficient (Wildman–Crippen LogP) is 8.67. The molecule has 0 N–H and O–H groups in total. The topological polar surface area (TPSA) is 17.8 Å². The molecule has 4 heteroatoms. The lowest BCUT2D eigenvalue weighted by Crippen LogP contribution is -2.46. The van der Waals surface area contributed by atoms with Gasteiger partial charge in [0.1, 0.15) is 0 Å². The van der Waals surface area contributed by atoms with Crippen molar-refractivity contribution in [3.05, 3.63) is 192 Å². The molecule has 2 nitrogen and oxygen atoms in total. The van der Waals surface area contributed by atoms with Gasteiger partial charge in [0, 0.05) is 12.4 Å². The molecule has 2 radical (unpaired) electrons. The monoisotopic (exact) mass is 630 g/mol. The number of nitrogens with zero attached hydrogens (tertiary/aromatic N) is 2. The number of benzene rings is 5. The normalized spacial score (nSPS) is 12.2. The largest absolute Gasteiger partial charge is 0.326 e. The molecule has 0 amide bonds. The van der Waals surface area contributed by atoms with Crippen molar-refractivity contribution in [1.82, 2.24) is 9.55 Å². The molecule has 6 rings (SSSR count). The summed E-state index contributed by atoms with van der Waals surface area (Å²) in [5.41, 5.74) is 7.92. The van der Waals surface area contributed by atoms with E-state index >= 15 is 0 Å². The molecule has 0 saturated heterocycles. The van der Waals surface area contributed by atoms with Gasteiger partial charge < -0.3 is 4.57 Å². The first-order valence-electron chi connectivity index (χ1n) is 16.6. The molecule has 0 aliphatic carbocycles. The number of hydrogen-bond acceptors (Lipinski definition) is 1. The molecule has 0 fully saturated rings. The van der Waals surface area contributed by atoms with E-state index in [2.05, 4.69) is 160 Å². The van der Waals surface area contributed by atoms with Gasteiger partial charge >= 0.3 is 0 Å². The molecule has 0 bridgehead atoms. The Balaban J connectivity index is 0.000000257. The summed E-state index contributed by atoms with van der Waals surface area (Å²) in [6.07, 6.45) is 6.03. The Morgan fingerprint density at radius 2 is 0.915 bits per heavy atom. The SMILES string of the molecule is CC(C)(C)c1ccc(C([SiH2]c2ccccc2)(c2ccc(C(C)(C)C)cc2)n2ccnc2)cc1.[B]C(c1ccccc1)c1ccccc1. The number of imidazole rings is 1. The molecule has 0 unspecified atom stereocenters. The highest BCUT2D eigenvalue weighted by molar-refractivity contribution is 6.57. The van der Waals surface area contributed by atoms with Crippen molar-refractivity contribution in [3.8, 4) is 0 Å². The summed E-state index contributed by atoms with van der Waals surface area (Å²) in [7, 11) is 5.28. The van der Waals surface area contributed by atoms with Crippen LogP contribution in [0.15, 0.2) is 158 Å². The molecule has 5 aromatic carbocycles. The van der Waals surface area contributed by atoms with Gasteiger partial charge in [-0.25, -0.2) is 4.98 Å². The second-order valence-electron chi connectivity index (χ2n) is 14.4. The standard InChI is InChI=1S/C30H36N2Si.C13H11B/c1-28(2,3)23-12-16-25(17-13-23)30(32-21-20-31-22-32,33-27-10-8-7-9-11-27)26-18-14-24(15-19-26)29(4,5)6;14-13(11-7-3-1-4-8-11)12-9-5-2-6-10-12/h7-22H,33H2,1-6H3;1-10,13H. The zero-order chi connectivity index (χ0) is 33.5.